The Kier molecular flexibility index (Phi) is 9.78. The molecular weight excluding hydrogens is 359 g/mol. The summed E-state index contributed by atoms with van der Waals surface area (Å²) in [5, 5.41) is 90.6. The number of carbonyl (C=O) groups excluding carboxylic acids is 1. The quantitative estimate of drug-likeness (QED) is 0.161. The zero-order valence-electron chi connectivity index (χ0n) is 13.1. The van der Waals surface area contributed by atoms with Crippen LogP contribution in [0.25, 0.3) is 0 Å². The summed E-state index contributed by atoms with van der Waals surface area (Å²) >= 11 is 0. The molecule has 1 aliphatic heterocycles. The molecule has 9 N–H and O–H groups in total. The number of hydrogen-bond donors (Lipinski definition) is 9. The van der Waals surface area contributed by atoms with E-state index in [2.05, 4.69) is 4.74 Å². The van der Waals surface area contributed by atoms with E-state index in [-0.39, 0.29) is 29.6 Å². The van der Waals surface area contributed by atoms with Gasteiger partial charge in [-0.05, 0) is 5.76 Å². The van der Waals surface area contributed by atoms with Crippen LogP contribution in [0.1, 0.15) is 0 Å². The Morgan fingerprint density at radius 1 is 0.920 bits per heavy atom. The molecule has 12 nitrogen and oxygen atoms in total. The van der Waals surface area contributed by atoms with Gasteiger partial charge in [-0.25, -0.2) is 4.79 Å². The molecule has 0 aromatic carbocycles. The Morgan fingerprint density at radius 3 is 1.44 bits per heavy atom. The van der Waals surface area contributed by atoms with Crippen LogP contribution in [0, 0.1) is 0 Å². The summed E-state index contributed by atoms with van der Waals surface area (Å²) in [6, 6.07) is 0. The van der Waals surface area contributed by atoms with Gasteiger partial charge in [-0.1, -0.05) is 0 Å². The third-order valence-electron chi connectivity index (χ3n) is 3.56. The summed E-state index contributed by atoms with van der Waals surface area (Å²) in [7, 11) is 0. The molecule has 0 aromatic rings. The van der Waals surface area contributed by atoms with Crippen molar-refractivity contribution in [3.63, 3.8) is 0 Å². The average molecular weight is 378 g/mol. The van der Waals surface area contributed by atoms with E-state index in [4.69, 9.17) is 46.0 Å². The summed E-state index contributed by atoms with van der Waals surface area (Å²) in [6.45, 7) is -0.711. The molecule has 2 aliphatic rings. The number of esters is 1. The fourth-order valence-electron chi connectivity index (χ4n) is 2.02. The largest absolute Gasteiger partial charge is 1.00 e. The maximum atomic E-state index is 10.8. The van der Waals surface area contributed by atoms with Gasteiger partial charge in [0.25, 0.3) is 0 Å². The second-order valence-electron chi connectivity index (χ2n) is 5.23. The summed E-state index contributed by atoms with van der Waals surface area (Å²) < 4.78 is 4.25. The first kappa shape index (κ1) is 24.5. The molecule has 0 unspecified atom stereocenters. The standard InChI is InChI=1S/C6H8O6.C6H12O6.Na/c7-1-2(8)5-3(9)4(10)6(11)12-5;7-1-2(8)4(10)6(12)5(11)3(1)9;/h2,5,7-10H,1H2;1-12H;/q;;+1/p-1/t2-,5+;1-,2-,3-,4+,5-,6-;/m0../s1. The Labute approximate surface area is 163 Å². The van der Waals surface area contributed by atoms with Crippen molar-refractivity contribution < 1.29 is 90.2 Å². The number of hydrogen-bond acceptors (Lipinski definition) is 12. The molecule has 0 aromatic heterocycles. The van der Waals surface area contributed by atoms with Crippen LogP contribution in [0.4, 0.5) is 0 Å². The van der Waals surface area contributed by atoms with E-state index < -0.39 is 72.9 Å². The van der Waals surface area contributed by atoms with Crippen LogP contribution in [0.15, 0.2) is 11.5 Å². The predicted octanol–water partition coefficient (Wildman–Crippen LogP) is -9.44. The third-order valence-corrected chi connectivity index (χ3v) is 3.56. The Balaban J connectivity index is 0.000000443. The maximum Gasteiger partial charge on any atom is 1.00 e. The normalized spacial score (nSPS) is 39.0. The first-order valence-electron chi connectivity index (χ1n) is 6.73. The van der Waals surface area contributed by atoms with Crippen molar-refractivity contribution in [3.8, 4) is 0 Å². The molecule has 2 rings (SSSR count). The first-order chi connectivity index (χ1) is 11.0. The zero-order chi connectivity index (χ0) is 18.8. The van der Waals surface area contributed by atoms with Crippen LogP contribution in [0.5, 0.6) is 0 Å². The third kappa shape index (κ3) is 5.24. The molecule has 0 radical (unpaired) electrons. The number of ether oxygens (including phenoxy) is 1. The van der Waals surface area contributed by atoms with Crippen LogP contribution < -0.4 is 34.7 Å². The minimum atomic E-state index is -1.64. The Morgan fingerprint density at radius 2 is 1.24 bits per heavy atom. The second-order valence-corrected chi connectivity index (χ2v) is 5.23. The number of carbonyl (C=O) groups is 1. The summed E-state index contributed by atoms with van der Waals surface area (Å²) in [5.74, 6) is -3.20. The molecule has 0 saturated heterocycles. The van der Waals surface area contributed by atoms with E-state index in [9.17, 15) is 9.90 Å². The molecule has 13 heteroatoms. The molecule has 0 spiro atoms. The van der Waals surface area contributed by atoms with Gasteiger partial charge in [0.15, 0.2) is 5.76 Å². The van der Waals surface area contributed by atoms with Crippen molar-refractivity contribution in [3.05, 3.63) is 11.5 Å². The van der Waals surface area contributed by atoms with Gasteiger partial charge in [-0.3, -0.25) is 0 Å². The minimum absolute atomic E-state index is 0. The van der Waals surface area contributed by atoms with Crippen LogP contribution in [0.2, 0.25) is 0 Å². The molecule has 1 aliphatic carbocycles. The Bertz CT molecular complexity index is 426. The van der Waals surface area contributed by atoms with E-state index >= 15 is 0 Å². The molecule has 140 valence electrons. The van der Waals surface area contributed by atoms with Crippen LogP contribution in [-0.4, -0.2) is 107 Å². The predicted molar refractivity (Wildman–Crippen MR) is 68.7 cm³/mol. The number of aliphatic hydroxyl groups is 9. The first-order valence-corrected chi connectivity index (χ1v) is 6.73. The summed E-state index contributed by atoms with van der Waals surface area (Å²) in [5.41, 5.74) is 0. The van der Waals surface area contributed by atoms with Crippen LogP contribution >= 0.6 is 0 Å². The SMILES string of the molecule is O=C1O[C@H]([C@@H](O)CO)C([O-])=C1O.O[C@H]1[C@H](O)[C@@H](O)[C@H](O)[C@@H](O)[C@H]1O.[Na+]. The number of cyclic esters (lactones) is 1. The Hall–Kier alpha value is -0.510. The van der Waals surface area contributed by atoms with Crippen molar-refractivity contribution >= 4 is 5.97 Å². The van der Waals surface area contributed by atoms with Gasteiger partial charge >= 0.3 is 35.5 Å². The molecule has 25 heavy (non-hydrogen) atoms. The number of aliphatic hydroxyl groups excluding tert-OH is 9. The van der Waals surface area contributed by atoms with E-state index in [0.29, 0.717) is 0 Å². The average Bonchev–Trinajstić information content (AvgIpc) is 2.83. The van der Waals surface area contributed by atoms with Gasteiger partial charge in [0.05, 0.1) is 6.61 Å². The van der Waals surface area contributed by atoms with Crippen molar-refractivity contribution in [1.82, 2.24) is 0 Å². The monoisotopic (exact) mass is 378 g/mol. The molecule has 2 atom stereocenters. The molecule has 1 fully saturated rings. The molecule has 1 saturated carbocycles. The summed E-state index contributed by atoms with van der Waals surface area (Å²) in [6.07, 6.45) is -12.8. The van der Waals surface area contributed by atoms with Crippen LogP contribution in [0.3, 0.4) is 0 Å². The molecule has 0 bridgehead atoms. The van der Waals surface area contributed by atoms with Gasteiger partial charge in [-0.2, -0.15) is 0 Å². The van der Waals surface area contributed by atoms with Crippen molar-refractivity contribution in [2.45, 2.75) is 48.8 Å². The zero-order valence-corrected chi connectivity index (χ0v) is 15.1. The van der Waals surface area contributed by atoms with Gasteiger partial charge in [0.2, 0.25) is 0 Å². The topological polar surface area (TPSA) is 231 Å². The maximum absolute atomic E-state index is 10.8. The van der Waals surface area contributed by atoms with Crippen molar-refractivity contribution in [2.75, 3.05) is 6.61 Å². The molecule has 0 amide bonds. The minimum Gasteiger partial charge on any atom is -0.870 e. The second kappa shape index (κ2) is 9.99. The smallest absolute Gasteiger partial charge is 0.870 e. The molecular formula is C12H19NaO12. The molecule has 1 heterocycles. The van der Waals surface area contributed by atoms with Crippen molar-refractivity contribution in [1.29, 1.82) is 0 Å². The van der Waals surface area contributed by atoms with E-state index in [1.165, 1.54) is 0 Å². The fraction of sp³-hybridized carbons (Fsp3) is 0.750. The summed E-state index contributed by atoms with van der Waals surface area (Å²) in [4.78, 5) is 10.5. The van der Waals surface area contributed by atoms with E-state index in [1.54, 1.807) is 0 Å². The van der Waals surface area contributed by atoms with Crippen LogP contribution in [-0.2, 0) is 9.53 Å². The van der Waals surface area contributed by atoms with E-state index in [1.807, 2.05) is 0 Å². The number of rotatable bonds is 2. The van der Waals surface area contributed by atoms with Gasteiger partial charge in [0, 0.05) is 0 Å². The van der Waals surface area contributed by atoms with Gasteiger partial charge in [-0.15, -0.1) is 0 Å². The van der Waals surface area contributed by atoms with Gasteiger partial charge < -0.3 is 55.8 Å². The fourth-order valence-corrected chi connectivity index (χ4v) is 2.02. The van der Waals surface area contributed by atoms with Gasteiger partial charge in [0.1, 0.15) is 48.8 Å². The van der Waals surface area contributed by atoms with Crippen molar-refractivity contribution in [2.24, 2.45) is 0 Å². The van der Waals surface area contributed by atoms with E-state index in [0.717, 1.165) is 0 Å².